The number of benzene rings is 1. The van der Waals surface area contributed by atoms with E-state index in [0.29, 0.717) is 5.75 Å². The number of nitrogens with zero attached hydrogens (tertiary/aromatic N) is 2. The van der Waals surface area contributed by atoms with Gasteiger partial charge < -0.3 is 9.84 Å². The molecule has 0 bridgehead atoms. The molecule has 0 radical (unpaired) electrons. The summed E-state index contributed by atoms with van der Waals surface area (Å²) in [6, 6.07) is 5.56. The molecule has 0 aliphatic carbocycles. The van der Waals surface area contributed by atoms with E-state index in [0.717, 1.165) is 22.1 Å². The van der Waals surface area contributed by atoms with Gasteiger partial charge in [0, 0.05) is 28.3 Å². The van der Waals surface area contributed by atoms with E-state index in [4.69, 9.17) is 4.74 Å². The number of aromatic nitrogens is 2. The number of halogens is 1. The molecule has 0 fully saturated rings. The minimum Gasteiger partial charge on any atom is -0.496 e. The van der Waals surface area contributed by atoms with Gasteiger partial charge >= 0.3 is 0 Å². The first-order valence-electron chi connectivity index (χ1n) is 5.69. The molecule has 1 aromatic heterocycles. The Bertz CT molecular complexity index is 540. The van der Waals surface area contributed by atoms with Crippen LogP contribution in [0.4, 0.5) is 0 Å². The van der Waals surface area contributed by atoms with Gasteiger partial charge in [-0.2, -0.15) is 5.10 Å². The van der Waals surface area contributed by atoms with Crippen LogP contribution in [0.25, 0.3) is 0 Å². The van der Waals surface area contributed by atoms with Crippen LogP contribution in [-0.2, 0) is 6.54 Å². The highest BCUT2D eigenvalue weighted by Crippen LogP contribution is 2.32. The van der Waals surface area contributed by atoms with Gasteiger partial charge in [-0.05, 0) is 25.1 Å². The van der Waals surface area contributed by atoms with Crippen LogP contribution in [0.2, 0.25) is 0 Å². The van der Waals surface area contributed by atoms with Gasteiger partial charge in [-0.25, -0.2) is 0 Å². The Morgan fingerprint density at radius 1 is 1.50 bits per heavy atom. The molecule has 0 aliphatic rings. The molecule has 1 unspecified atom stereocenters. The fourth-order valence-electron chi connectivity index (χ4n) is 1.79. The zero-order valence-electron chi connectivity index (χ0n) is 10.3. The first-order valence-corrected chi connectivity index (χ1v) is 6.49. The average Bonchev–Trinajstić information content (AvgIpc) is 2.86. The predicted molar refractivity (Wildman–Crippen MR) is 72.7 cm³/mol. The summed E-state index contributed by atoms with van der Waals surface area (Å²) in [5.74, 6) is 0.662. The fraction of sp³-hybridized carbons (Fsp3) is 0.308. The monoisotopic (exact) mass is 310 g/mol. The maximum absolute atomic E-state index is 10.4. The molecule has 0 aliphatic heterocycles. The van der Waals surface area contributed by atoms with Gasteiger partial charge in [0.05, 0.1) is 13.3 Å². The Morgan fingerprint density at radius 3 is 2.89 bits per heavy atom. The molecule has 2 rings (SSSR count). The number of hydrogen-bond donors (Lipinski definition) is 1. The van der Waals surface area contributed by atoms with E-state index in [-0.39, 0.29) is 0 Å². The van der Waals surface area contributed by atoms with E-state index >= 15 is 0 Å². The second-order valence-electron chi connectivity index (χ2n) is 3.92. The van der Waals surface area contributed by atoms with Gasteiger partial charge in [0.25, 0.3) is 0 Å². The van der Waals surface area contributed by atoms with Crippen molar-refractivity contribution < 1.29 is 9.84 Å². The van der Waals surface area contributed by atoms with Crippen molar-refractivity contribution in [3.8, 4) is 5.75 Å². The summed E-state index contributed by atoms with van der Waals surface area (Å²) < 4.78 is 7.95. The van der Waals surface area contributed by atoms with Gasteiger partial charge in [0.1, 0.15) is 11.9 Å². The third-order valence-electron chi connectivity index (χ3n) is 2.78. The Labute approximate surface area is 114 Å². The lowest BCUT2D eigenvalue weighted by Gasteiger charge is -2.13. The van der Waals surface area contributed by atoms with E-state index in [9.17, 15) is 5.11 Å². The first-order chi connectivity index (χ1) is 8.65. The number of aliphatic hydroxyl groups excluding tert-OH is 1. The minimum absolute atomic E-state index is 0.662. The molecule has 5 heteroatoms. The van der Waals surface area contributed by atoms with Crippen LogP contribution in [0, 0.1) is 0 Å². The Balaban J connectivity index is 2.38. The minimum atomic E-state index is -0.738. The van der Waals surface area contributed by atoms with Crippen LogP contribution in [0.1, 0.15) is 24.2 Å². The molecule has 2 aromatic rings. The zero-order chi connectivity index (χ0) is 13.1. The van der Waals surface area contributed by atoms with Crippen molar-refractivity contribution in [2.45, 2.75) is 19.6 Å². The van der Waals surface area contributed by atoms with Crippen molar-refractivity contribution in [1.82, 2.24) is 9.78 Å². The SMILES string of the molecule is CCn1cc(C(O)c2cc(Br)ccc2OC)cn1. The second kappa shape index (κ2) is 5.54. The van der Waals surface area contributed by atoms with Crippen LogP contribution in [0.3, 0.4) is 0 Å². The van der Waals surface area contributed by atoms with Crippen LogP contribution < -0.4 is 4.74 Å². The van der Waals surface area contributed by atoms with Crippen molar-refractivity contribution in [3.63, 3.8) is 0 Å². The van der Waals surface area contributed by atoms with E-state index in [1.807, 2.05) is 31.3 Å². The lowest BCUT2D eigenvalue weighted by molar-refractivity contribution is 0.214. The van der Waals surface area contributed by atoms with Gasteiger partial charge in [0.15, 0.2) is 0 Å². The van der Waals surface area contributed by atoms with E-state index in [1.165, 1.54) is 0 Å². The first kappa shape index (κ1) is 13.1. The third-order valence-corrected chi connectivity index (χ3v) is 3.27. The zero-order valence-corrected chi connectivity index (χ0v) is 11.9. The smallest absolute Gasteiger partial charge is 0.125 e. The molecule has 1 heterocycles. The van der Waals surface area contributed by atoms with Crippen LogP contribution >= 0.6 is 15.9 Å². The molecule has 96 valence electrons. The summed E-state index contributed by atoms with van der Waals surface area (Å²) in [5, 5.41) is 14.5. The Kier molecular flexibility index (Phi) is 4.04. The predicted octanol–water partition coefficient (Wildman–Crippen LogP) is 2.76. The Hall–Kier alpha value is -1.33. The van der Waals surface area contributed by atoms with Crippen LogP contribution in [0.5, 0.6) is 5.75 Å². The van der Waals surface area contributed by atoms with Crippen molar-refractivity contribution in [2.75, 3.05) is 7.11 Å². The van der Waals surface area contributed by atoms with E-state index in [2.05, 4.69) is 21.0 Å². The van der Waals surface area contributed by atoms with Gasteiger partial charge in [-0.15, -0.1) is 0 Å². The highest BCUT2D eigenvalue weighted by atomic mass is 79.9. The van der Waals surface area contributed by atoms with Gasteiger partial charge in [0.2, 0.25) is 0 Å². The normalized spacial score (nSPS) is 12.4. The number of aryl methyl sites for hydroxylation is 1. The number of hydrogen-bond acceptors (Lipinski definition) is 3. The van der Waals surface area contributed by atoms with Gasteiger partial charge in [-0.3, -0.25) is 4.68 Å². The highest BCUT2D eigenvalue weighted by molar-refractivity contribution is 9.10. The molecule has 18 heavy (non-hydrogen) atoms. The highest BCUT2D eigenvalue weighted by Gasteiger charge is 2.17. The quantitative estimate of drug-likeness (QED) is 0.944. The van der Waals surface area contributed by atoms with E-state index < -0.39 is 6.10 Å². The number of aliphatic hydroxyl groups is 1. The molecule has 0 amide bonds. The summed E-state index contributed by atoms with van der Waals surface area (Å²) in [6.45, 7) is 2.78. The lowest BCUT2D eigenvalue weighted by Crippen LogP contribution is -2.02. The van der Waals surface area contributed by atoms with Gasteiger partial charge in [-0.1, -0.05) is 15.9 Å². The van der Waals surface area contributed by atoms with E-state index in [1.54, 1.807) is 18.0 Å². The third kappa shape index (κ3) is 2.57. The standard InChI is InChI=1S/C13H15BrN2O2/c1-3-16-8-9(7-15-16)13(17)11-6-10(14)4-5-12(11)18-2/h4-8,13,17H,3H2,1-2H3. The molecular weight excluding hydrogens is 296 g/mol. The summed E-state index contributed by atoms with van der Waals surface area (Å²) in [5.41, 5.74) is 1.48. The molecule has 0 saturated heterocycles. The summed E-state index contributed by atoms with van der Waals surface area (Å²) in [7, 11) is 1.59. The molecule has 0 saturated carbocycles. The van der Waals surface area contributed by atoms with Crippen molar-refractivity contribution >= 4 is 15.9 Å². The molecular formula is C13H15BrN2O2. The molecule has 1 N–H and O–H groups in total. The Morgan fingerprint density at radius 2 is 2.28 bits per heavy atom. The van der Waals surface area contributed by atoms with Crippen LogP contribution in [0.15, 0.2) is 35.1 Å². The number of methoxy groups -OCH3 is 1. The number of rotatable bonds is 4. The lowest BCUT2D eigenvalue weighted by atomic mass is 10.0. The molecule has 1 aromatic carbocycles. The average molecular weight is 311 g/mol. The maximum atomic E-state index is 10.4. The largest absolute Gasteiger partial charge is 0.496 e. The molecule has 0 spiro atoms. The molecule has 4 nitrogen and oxygen atoms in total. The van der Waals surface area contributed by atoms with Crippen LogP contribution in [-0.4, -0.2) is 22.0 Å². The summed E-state index contributed by atoms with van der Waals surface area (Å²) in [4.78, 5) is 0. The summed E-state index contributed by atoms with van der Waals surface area (Å²) >= 11 is 3.40. The summed E-state index contributed by atoms with van der Waals surface area (Å²) in [6.07, 6.45) is 2.78. The van der Waals surface area contributed by atoms with Crippen molar-refractivity contribution in [3.05, 3.63) is 46.2 Å². The second-order valence-corrected chi connectivity index (χ2v) is 4.83. The topological polar surface area (TPSA) is 47.3 Å². The number of ether oxygens (including phenoxy) is 1. The maximum Gasteiger partial charge on any atom is 0.125 e. The van der Waals surface area contributed by atoms with Crippen molar-refractivity contribution in [1.29, 1.82) is 0 Å². The fourth-order valence-corrected chi connectivity index (χ4v) is 2.17. The van der Waals surface area contributed by atoms with Crippen molar-refractivity contribution in [2.24, 2.45) is 0 Å². The molecule has 1 atom stereocenters.